The number of aliphatic hydroxyl groups is 1. The van der Waals surface area contributed by atoms with Crippen molar-refractivity contribution in [2.45, 2.75) is 37.5 Å². The van der Waals surface area contributed by atoms with Crippen molar-refractivity contribution in [3.63, 3.8) is 0 Å². The lowest BCUT2D eigenvalue weighted by atomic mass is 10.0. The van der Waals surface area contributed by atoms with Crippen molar-refractivity contribution in [2.24, 2.45) is 0 Å². The molecule has 1 N–H and O–H groups in total. The number of aromatic nitrogens is 6. The number of anilines is 1. The van der Waals surface area contributed by atoms with Crippen LogP contribution in [0.5, 0.6) is 5.88 Å². The lowest BCUT2D eigenvalue weighted by Crippen LogP contribution is -2.39. The monoisotopic (exact) mass is 397 g/mol. The summed E-state index contributed by atoms with van der Waals surface area (Å²) in [7, 11) is 0. The molecule has 0 aliphatic carbocycles. The van der Waals surface area contributed by atoms with Crippen molar-refractivity contribution in [1.82, 2.24) is 29.5 Å². The number of fused-ring (bicyclic) bond motifs is 1. The highest BCUT2D eigenvalue weighted by molar-refractivity contribution is 5.83. The first-order valence-corrected chi connectivity index (χ1v) is 9.84. The minimum Gasteiger partial charge on any atom is -0.473 e. The van der Waals surface area contributed by atoms with E-state index in [0.717, 1.165) is 42.9 Å². The first kappa shape index (κ1) is 18.2. The highest BCUT2D eigenvalue weighted by Gasteiger charge is 2.33. The second-order valence-electron chi connectivity index (χ2n) is 7.62. The Bertz CT molecular complexity index is 966. The van der Waals surface area contributed by atoms with Crippen LogP contribution in [-0.4, -0.2) is 72.6 Å². The molecule has 3 aromatic heterocycles. The molecule has 2 aliphatic heterocycles. The van der Waals surface area contributed by atoms with Gasteiger partial charge in [-0.05, 0) is 0 Å². The molecular weight excluding hydrogens is 374 g/mol. The van der Waals surface area contributed by atoms with Gasteiger partial charge in [-0.25, -0.2) is 19.9 Å². The van der Waals surface area contributed by atoms with Gasteiger partial charge in [-0.2, -0.15) is 0 Å². The third-order valence-corrected chi connectivity index (χ3v) is 5.50. The number of piperidine rings is 1. The van der Waals surface area contributed by atoms with Crippen molar-refractivity contribution in [3.05, 3.63) is 31.2 Å². The molecule has 2 saturated heterocycles. The van der Waals surface area contributed by atoms with Gasteiger partial charge < -0.3 is 24.0 Å². The smallest absolute Gasteiger partial charge is 0.232 e. The first-order chi connectivity index (χ1) is 14.2. The number of hydrogen-bond acceptors (Lipinski definition) is 9. The zero-order valence-corrected chi connectivity index (χ0v) is 16.0. The molecule has 2 aliphatic rings. The number of imidazole rings is 1. The summed E-state index contributed by atoms with van der Waals surface area (Å²) < 4.78 is 13.2. The van der Waals surface area contributed by atoms with Crippen LogP contribution >= 0.6 is 0 Å². The predicted octanol–water partition coefficient (Wildman–Crippen LogP) is 0.815. The fourth-order valence-electron chi connectivity index (χ4n) is 3.96. The molecule has 5 rings (SSSR count). The molecule has 0 radical (unpaired) electrons. The van der Waals surface area contributed by atoms with Gasteiger partial charge in [0.05, 0.1) is 25.7 Å². The van der Waals surface area contributed by atoms with E-state index in [1.54, 1.807) is 31.2 Å². The van der Waals surface area contributed by atoms with E-state index in [9.17, 15) is 5.11 Å². The Labute approximate surface area is 167 Å². The molecule has 0 saturated carbocycles. The highest BCUT2D eigenvalue weighted by Crippen LogP contribution is 2.28. The van der Waals surface area contributed by atoms with Crippen LogP contribution < -0.4 is 9.64 Å². The van der Waals surface area contributed by atoms with Crippen LogP contribution in [0.15, 0.2) is 31.2 Å². The fourth-order valence-corrected chi connectivity index (χ4v) is 3.96. The van der Waals surface area contributed by atoms with Crippen LogP contribution in [0.1, 0.15) is 19.3 Å². The maximum absolute atomic E-state index is 10.6. The normalized spacial score (nSPS) is 23.0. The minimum absolute atomic E-state index is 0.106. The molecule has 1 atom stereocenters. The second-order valence-corrected chi connectivity index (χ2v) is 7.62. The fraction of sp³-hybridized carbons (Fsp3) is 0.526. The summed E-state index contributed by atoms with van der Waals surface area (Å²) in [6.07, 6.45) is 10.6. The number of hydrogen-bond donors (Lipinski definition) is 1. The SMILES string of the molecule is OC1(Cn2cnc3c(N4CCC(Oc5cnccn5)CC4)ncnc32)CCOC1. The number of ether oxygens (including phenoxy) is 2. The third-order valence-electron chi connectivity index (χ3n) is 5.50. The quantitative estimate of drug-likeness (QED) is 0.668. The van der Waals surface area contributed by atoms with Gasteiger partial charge in [0.25, 0.3) is 0 Å². The van der Waals surface area contributed by atoms with Crippen molar-refractivity contribution < 1.29 is 14.6 Å². The second kappa shape index (κ2) is 7.53. The van der Waals surface area contributed by atoms with E-state index in [1.165, 1.54) is 0 Å². The molecule has 3 aromatic rings. The van der Waals surface area contributed by atoms with Gasteiger partial charge in [0.1, 0.15) is 18.0 Å². The highest BCUT2D eigenvalue weighted by atomic mass is 16.5. The molecule has 0 aromatic carbocycles. The van der Waals surface area contributed by atoms with E-state index in [4.69, 9.17) is 9.47 Å². The Hall–Kier alpha value is -2.85. The Morgan fingerprint density at radius 2 is 2.07 bits per heavy atom. The largest absolute Gasteiger partial charge is 0.473 e. The van der Waals surface area contributed by atoms with Crippen LogP contribution in [0.2, 0.25) is 0 Å². The summed E-state index contributed by atoms with van der Waals surface area (Å²) in [5, 5.41) is 10.6. The lowest BCUT2D eigenvalue weighted by Gasteiger charge is -2.32. The summed E-state index contributed by atoms with van der Waals surface area (Å²) in [6, 6.07) is 0. The van der Waals surface area contributed by atoms with Crippen LogP contribution in [-0.2, 0) is 11.3 Å². The maximum atomic E-state index is 10.6. The summed E-state index contributed by atoms with van der Waals surface area (Å²) in [5.74, 6) is 1.38. The number of nitrogens with zero attached hydrogens (tertiary/aromatic N) is 7. The van der Waals surface area contributed by atoms with Crippen molar-refractivity contribution in [3.8, 4) is 5.88 Å². The van der Waals surface area contributed by atoms with Crippen LogP contribution in [0, 0.1) is 0 Å². The van der Waals surface area contributed by atoms with Crippen molar-refractivity contribution in [2.75, 3.05) is 31.2 Å². The van der Waals surface area contributed by atoms with E-state index < -0.39 is 5.60 Å². The zero-order chi connectivity index (χ0) is 19.7. The molecule has 2 fully saturated rings. The maximum Gasteiger partial charge on any atom is 0.232 e. The molecule has 0 spiro atoms. The average Bonchev–Trinajstić information content (AvgIpc) is 3.36. The molecule has 5 heterocycles. The van der Waals surface area contributed by atoms with E-state index in [2.05, 4.69) is 29.8 Å². The molecule has 10 heteroatoms. The molecule has 152 valence electrons. The molecule has 1 unspecified atom stereocenters. The summed E-state index contributed by atoms with van der Waals surface area (Å²) in [6.45, 7) is 2.94. The Morgan fingerprint density at radius 1 is 1.17 bits per heavy atom. The summed E-state index contributed by atoms with van der Waals surface area (Å²) >= 11 is 0. The van der Waals surface area contributed by atoms with Gasteiger partial charge in [-0.15, -0.1) is 0 Å². The Kier molecular flexibility index (Phi) is 4.72. The molecule has 0 amide bonds. The molecule has 10 nitrogen and oxygen atoms in total. The predicted molar refractivity (Wildman–Crippen MR) is 104 cm³/mol. The van der Waals surface area contributed by atoms with Gasteiger partial charge in [0, 0.05) is 51.4 Å². The van der Waals surface area contributed by atoms with Crippen molar-refractivity contribution >= 4 is 17.0 Å². The van der Waals surface area contributed by atoms with Gasteiger partial charge >= 0.3 is 0 Å². The van der Waals surface area contributed by atoms with Crippen LogP contribution in [0.3, 0.4) is 0 Å². The van der Waals surface area contributed by atoms with Gasteiger partial charge in [-0.1, -0.05) is 0 Å². The third kappa shape index (κ3) is 3.73. The van der Waals surface area contributed by atoms with Crippen LogP contribution in [0.4, 0.5) is 5.82 Å². The van der Waals surface area contributed by atoms with Gasteiger partial charge in [-0.3, -0.25) is 4.98 Å². The molecular formula is C19H23N7O3. The first-order valence-electron chi connectivity index (χ1n) is 9.84. The van der Waals surface area contributed by atoms with Gasteiger partial charge in [0.15, 0.2) is 17.0 Å². The standard InChI is InChI=1S/C19H23N7O3/c27-19(3-8-28-11-19)10-26-13-24-16-17(22-12-23-18(16)26)25-6-1-14(2-7-25)29-15-9-20-4-5-21-15/h4-5,9,12-14,27H,1-3,6-8,10-11H2. The Balaban J connectivity index is 1.30. The average molecular weight is 397 g/mol. The lowest BCUT2D eigenvalue weighted by molar-refractivity contribution is 0.0126. The Morgan fingerprint density at radius 3 is 2.83 bits per heavy atom. The summed E-state index contributed by atoms with van der Waals surface area (Å²) in [4.78, 5) is 23.9. The minimum atomic E-state index is -0.866. The zero-order valence-electron chi connectivity index (χ0n) is 16.0. The van der Waals surface area contributed by atoms with E-state index in [0.29, 0.717) is 32.1 Å². The van der Waals surface area contributed by atoms with Crippen LogP contribution in [0.25, 0.3) is 11.2 Å². The van der Waals surface area contributed by atoms with Crippen molar-refractivity contribution in [1.29, 1.82) is 0 Å². The van der Waals surface area contributed by atoms with E-state index in [-0.39, 0.29) is 6.10 Å². The summed E-state index contributed by atoms with van der Waals surface area (Å²) in [5.41, 5.74) is 0.617. The topological polar surface area (TPSA) is 111 Å². The van der Waals surface area contributed by atoms with Gasteiger partial charge in [0.2, 0.25) is 5.88 Å². The number of rotatable bonds is 5. The molecule has 29 heavy (non-hydrogen) atoms. The van der Waals surface area contributed by atoms with E-state index in [1.807, 2.05) is 4.57 Å². The molecule has 0 bridgehead atoms. The van der Waals surface area contributed by atoms with E-state index >= 15 is 0 Å².